The van der Waals surface area contributed by atoms with Gasteiger partial charge in [-0.05, 0) is 24.6 Å². The van der Waals surface area contributed by atoms with Crippen molar-refractivity contribution in [1.29, 1.82) is 0 Å². The highest BCUT2D eigenvalue weighted by molar-refractivity contribution is 7.85. The van der Waals surface area contributed by atoms with E-state index in [0.29, 0.717) is 0 Å². The van der Waals surface area contributed by atoms with Gasteiger partial charge in [-0.3, -0.25) is 4.55 Å². The molecule has 2 N–H and O–H groups in total. The summed E-state index contributed by atoms with van der Waals surface area (Å²) in [5.41, 5.74) is 2.20. The zero-order chi connectivity index (χ0) is 14.3. The topological polar surface area (TPSA) is 74.6 Å². The van der Waals surface area contributed by atoms with E-state index in [2.05, 4.69) is 0 Å². The second-order valence-corrected chi connectivity index (χ2v) is 5.35. The van der Waals surface area contributed by atoms with Gasteiger partial charge in [0.15, 0.2) is 0 Å². The third kappa shape index (κ3) is 5.65. The van der Waals surface area contributed by atoms with Crippen LogP contribution in [0.1, 0.15) is 11.1 Å². The lowest BCUT2D eigenvalue weighted by atomic mass is 10.2. The fourth-order valence-corrected chi connectivity index (χ4v) is 1.79. The van der Waals surface area contributed by atoms with Gasteiger partial charge in [0.25, 0.3) is 10.1 Å². The van der Waals surface area contributed by atoms with E-state index in [1.54, 1.807) is 18.2 Å². The lowest BCUT2D eigenvalue weighted by Gasteiger charge is -1.93. The predicted molar refractivity (Wildman–Crippen MR) is 73.4 cm³/mol. The molecule has 0 radical (unpaired) electrons. The maximum Gasteiger partial charge on any atom is 0.294 e. The van der Waals surface area contributed by atoms with Gasteiger partial charge in [-0.2, -0.15) is 8.42 Å². The second-order valence-electron chi connectivity index (χ2n) is 3.93. The minimum absolute atomic E-state index is 0.0741. The predicted octanol–water partition coefficient (Wildman–Crippen LogP) is 2.42. The van der Waals surface area contributed by atoms with Gasteiger partial charge >= 0.3 is 0 Å². The van der Waals surface area contributed by atoms with Crippen LogP contribution in [0, 0.1) is 6.92 Å². The third-order valence-electron chi connectivity index (χ3n) is 2.34. The molecule has 19 heavy (non-hydrogen) atoms. The number of aliphatic hydroxyl groups is 1. The van der Waals surface area contributed by atoms with Crippen molar-refractivity contribution in [2.24, 2.45) is 0 Å². The molecule has 0 bridgehead atoms. The van der Waals surface area contributed by atoms with E-state index in [0.717, 1.165) is 5.56 Å². The number of rotatable bonds is 2. The summed E-state index contributed by atoms with van der Waals surface area (Å²) < 4.78 is 29.2. The number of aryl methyl sites for hydroxylation is 1. The number of hydrogen-bond acceptors (Lipinski definition) is 3. The Morgan fingerprint density at radius 2 is 1.47 bits per heavy atom. The molecule has 0 unspecified atom stereocenters. The Kier molecular flexibility index (Phi) is 5.69. The Labute approximate surface area is 113 Å². The summed E-state index contributed by atoms with van der Waals surface area (Å²) in [6.45, 7) is 2.17. The normalized spacial score (nSPS) is 10.5. The lowest BCUT2D eigenvalue weighted by Crippen LogP contribution is -1.96. The van der Waals surface area contributed by atoms with Crippen molar-refractivity contribution < 1.29 is 18.1 Å². The van der Waals surface area contributed by atoms with Crippen molar-refractivity contribution >= 4 is 10.1 Å². The van der Waals surface area contributed by atoms with Gasteiger partial charge in [-0.25, -0.2) is 0 Å². The summed E-state index contributed by atoms with van der Waals surface area (Å²) in [4.78, 5) is -0.0741. The van der Waals surface area contributed by atoms with E-state index in [9.17, 15) is 8.42 Å². The highest BCUT2D eigenvalue weighted by atomic mass is 32.2. The Hall–Kier alpha value is -1.69. The van der Waals surface area contributed by atoms with Gasteiger partial charge in [0.2, 0.25) is 0 Å². The van der Waals surface area contributed by atoms with Crippen LogP contribution in [-0.2, 0) is 16.7 Å². The standard InChI is InChI=1S/C8H10O.C6H6O3S/c1-7-2-4-8(6-9)5-3-7;7-10(8,9)6-4-2-1-3-5-6/h2-5,9H,6H2,1H3;1-5H,(H,7,8,9). The monoisotopic (exact) mass is 280 g/mol. The first-order valence-electron chi connectivity index (χ1n) is 5.62. The number of aliphatic hydroxyl groups excluding tert-OH is 1. The minimum atomic E-state index is -4.00. The van der Waals surface area contributed by atoms with E-state index in [4.69, 9.17) is 9.66 Å². The fraction of sp³-hybridized carbons (Fsp3) is 0.143. The first kappa shape index (κ1) is 15.4. The SMILES string of the molecule is Cc1ccc(CO)cc1.O=S(=O)(O)c1ccccc1. The minimum Gasteiger partial charge on any atom is -0.392 e. The van der Waals surface area contributed by atoms with Crippen molar-refractivity contribution in [2.45, 2.75) is 18.4 Å². The molecule has 2 rings (SSSR count). The lowest BCUT2D eigenvalue weighted by molar-refractivity contribution is 0.282. The van der Waals surface area contributed by atoms with Crippen LogP contribution in [0.25, 0.3) is 0 Å². The van der Waals surface area contributed by atoms with Crippen LogP contribution in [-0.4, -0.2) is 18.1 Å². The van der Waals surface area contributed by atoms with E-state index >= 15 is 0 Å². The van der Waals surface area contributed by atoms with Gasteiger partial charge < -0.3 is 5.11 Å². The van der Waals surface area contributed by atoms with Gasteiger partial charge in [0, 0.05) is 0 Å². The highest BCUT2D eigenvalue weighted by Crippen LogP contribution is 2.05. The maximum absolute atomic E-state index is 10.4. The maximum atomic E-state index is 10.4. The van der Waals surface area contributed by atoms with Crippen LogP contribution < -0.4 is 0 Å². The molecule has 0 heterocycles. The largest absolute Gasteiger partial charge is 0.392 e. The van der Waals surface area contributed by atoms with Crippen molar-refractivity contribution in [3.05, 3.63) is 65.7 Å². The number of hydrogen-bond donors (Lipinski definition) is 2. The zero-order valence-corrected chi connectivity index (χ0v) is 11.3. The average molecular weight is 280 g/mol. The Morgan fingerprint density at radius 3 is 1.84 bits per heavy atom. The first-order valence-corrected chi connectivity index (χ1v) is 7.06. The average Bonchev–Trinajstić information content (AvgIpc) is 2.40. The molecule has 0 aliphatic rings. The summed E-state index contributed by atoms with van der Waals surface area (Å²) >= 11 is 0. The molecule has 0 aliphatic heterocycles. The van der Waals surface area contributed by atoms with Gasteiger partial charge in [-0.15, -0.1) is 0 Å². The molecule has 0 saturated heterocycles. The Bertz CT molecular complexity index is 589. The molecule has 5 heteroatoms. The molecule has 0 saturated carbocycles. The van der Waals surface area contributed by atoms with Gasteiger partial charge in [0.05, 0.1) is 11.5 Å². The van der Waals surface area contributed by atoms with Crippen LogP contribution in [0.2, 0.25) is 0 Å². The second kappa shape index (κ2) is 7.04. The van der Waals surface area contributed by atoms with Crippen LogP contribution in [0.15, 0.2) is 59.5 Å². The van der Waals surface area contributed by atoms with Gasteiger partial charge in [-0.1, -0.05) is 48.0 Å². The quantitative estimate of drug-likeness (QED) is 0.828. The number of benzene rings is 2. The molecule has 0 fully saturated rings. The van der Waals surface area contributed by atoms with E-state index in [1.807, 2.05) is 31.2 Å². The summed E-state index contributed by atoms with van der Waals surface area (Å²) in [6.07, 6.45) is 0. The van der Waals surface area contributed by atoms with Crippen LogP contribution in [0.5, 0.6) is 0 Å². The summed E-state index contributed by atoms with van der Waals surface area (Å²) in [6, 6.07) is 15.3. The molecule has 102 valence electrons. The Balaban J connectivity index is 0.000000191. The molecule has 0 atom stereocenters. The summed E-state index contributed by atoms with van der Waals surface area (Å²) in [5.74, 6) is 0. The highest BCUT2D eigenvalue weighted by Gasteiger charge is 2.05. The van der Waals surface area contributed by atoms with Crippen molar-refractivity contribution in [2.75, 3.05) is 0 Å². The molecule has 4 nitrogen and oxygen atoms in total. The van der Waals surface area contributed by atoms with Crippen LogP contribution in [0.3, 0.4) is 0 Å². The molecule has 0 spiro atoms. The molecular weight excluding hydrogens is 264 g/mol. The molecular formula is C14H16O4S. The van der Waals surface area contributed by atoms with Crippen molar-refractivity contribution in [1.82, 2.24) is 0 Å². The van der Waals surface area contributed by atoms with Crippen molar-refractivity contribution in [3.63, 3.8) is 0 Å². The van der Waals surface area contributed by atoms with E-state index in [1.165, 1.54) is 17.7 Å². The molecule has 0 aliphatic carbocycles. The Morgan fingerprint density at radius 1 is 0.947 bits per heavy atom. The zero-order valence-electron chi connectivity index (χ0n) is 10.5. The smallest absolute Gasteiger partial charge is 0.294 e. The van der Waals surface area contributed by atoms with E-state index in [-0.39, 0.29) is 11.5 Å². The van der Waals surface area contributed by atoms with Crippen molar-refractivity contribution in [3.8, 4) is 0 Å². The fourth-order valence-electron chi connectivity index (χ4n) is 1.29. The van der Waals surface area contributed by atoms with Gasteiger partial charge in [0.1, 0.15) is 0 Å². The molecule has 2 aromatic carbocycles. The molecule has 2 aromatic rings. The summed E-state index contributed by atoms with van der Waals surface area (Å²) in [7, 11) is -4.00. The first-order chi connectivity index (χ1) is 8.93. The molecule has 0 aromatic heterocycles. The van der Waals surface area contributed by atoms with Crippen LogP contribution >= 0.6 is 0 Å². The van der Waals surface area contributed by atoms with E-state index < -0.39 is 10.1 Å². The van der Waals surface area contributed by atoms with Crippen LogP contribution in [0.4, 0.5) is 0 Å². The third-order valence-corrected chi connectivity index (χ3v) is 3.21. The molecule has 0 amide bonds. The summed E-state index contributed by atoms with van der Waals surface area (Å²) in [5, 5.41) is 8.63.